The van der Waals surface area contributed by atoms with E-state index in [-0.39, 0.29) is 11.5 Å². The minimum Gasteiger partial charge on any atom is -0.478 e. The summed E-state index contributed by atoms with van der Waals surface area (Å²) >= 11 is 3.21. The standard InChI is InChI=1S/C15H12BrNO4/c16-13-11(5-7-21-13)14(18)17-6-1-2-9-8-10(15(19)20)3-4-12(9)17/h3-5,7-8H,1-2,6H2,(H,19,20). The van der Waals surface area contributed by atoms with Gasteiger partial charge in [0.15, 0.2) is 4.67 Å². The van der Waals surface area contributed by atoms with Crippen molar-refractivity contribution in [1.82, 2.24) is 0 Å². The first kappa shape index (κ1) is 13.9. The zero-order valence-corrected chi connectivity index (χ0v) is 12.6. The van der Waals surface area contributed by atoms with Gasteiger partial charge in [-0.05, 0) is 58.6 Å². The van der Waals surface area contributed by atoms with E-state index in [1.807, 2.05) is 0 Å². The van der Waals surface area contributed by atoms with E-state index in [0.717, 1.165) is 24.1 Å². The van der Waals surface area contributed by atoms with E-state index in [1.165, 1.54) is 12.3 Å². The van der Waals surface area contributed by atoms with Crippen LogP contribution >= 0.6 is 15.9 Å². The van der Waals surface area contributed by atoms with Gasteiger partial charge in [0, 0.05) is 12.2 Å². The van der Waals surface area contributed by atoms with Crippen LogP contribution in [-0.2, 0) is 6.42 Å². The molecule has 0 aliphatic carbocycles. The van der Waals surface area contributed by atoms with Gasteiger partial charge in [-0.2, -0.15) is 0 Å². The molecule has 0 radical (unpaired) electrons. The summed E-state index contributed by atoms with van der Waals surface area (Å²) in [6.45, 7) is 0.607. The molecule has 5 nitrogen and oxygen atoms in total. The third-order valence-corrected chi connectivity index (χ3v) is 4.15. The van der Waals surface area contributed by atoms with Gasteiger partial charge < -0.3 is 14.4 Å². The van der Waals surface area contributed by atoms with Crippen LogP contribution in [0.3, 0.4) is 0 Å². The molecule has 1 amide bonds. The van der Waals surface area contributed by atoms with Gasteiger partial charge in [0.25, 0.3) is 5.91 Å². The molecule has 1 aromatic heterocycles. The van der Waals surface area contributed by atoms with Gasteiger partial charge >= 0.3 is 5.97 Å². The summed E-state index contributed by atoms with van der Waals surface area (Å²) in [7, 11) is 0. The Morgan fingerprint density at radius 2 is 2.10 bits per heavy atom. The van der Waals surface area contributed by atoms with E-state index in [4.69, 9.17) is 9.52 Å². The molecule has 6 heteroatoms. The van der Waals surface area contributed by atoms with Crippen molar-refractivity contribution in [3.05, 3.63) is 51.9 Å². The van der Waals surface area contributed by atoms with Crippen LogP contribution in [0.15, 0.2) is 39.6 Å². The first-order valence-corrected chi connectivity index (χ1v) is 7.28. The maximum atomic E-state index is 12.6. The van der Waals surface area contributed by atoms with Gasteiger partial charge in [-0.15, -0.1) is 0 Å². The number of hydrogen-bond acceptors (Lipinski definition) is 3. The zero-order valence-electron chi connectivity index (χ0n) is 11.0. The number of carboxylic acids is 1. The molecule has 0 fully saturated rings. The number of amides is 1. The van der Waals surface area contributed by atoms with E-state index >= 15 is 0 Å². The van der Waals surface area contributed by atoms with Gasteiger partial charge in [0.2, 0.25) is 0 Å². The van der Waals surface area contributed by atoms with E-state index in [1.54, 1.807) is 23.1 Å². The highest BCUT2D eigenvalue weighted by Crippen LogP contribution is 2.31. The smallest absolute Gasteiger partial charge is 0.335 e. The molecule has 1 aromatic carbocycles. The quantitative estimate of drug-likeness (QED) is 0.902. The van der Waals surface area contributed by atoms with Crippen molar-refractivity contribution in [3.63, 3.8) is 0 Å². The van der Waals surface area contributed by atoms with E-state index in [9.17, 15) is 9.59 Å². The van der Waals surface area contributed by atoms with Crippen molar-refractivity contribution in [2.45, 2.75) is 12.8 Å². The highest BCUT2D eigenvalue weighted by atomic mass is 79.9. The Hall–Kier alpha value is -2.08. The lowest BCUT2D eigenvalue weighted by atomic mass is 9.98. The fourth-order valence-corrected chi connectivity index (χ4v) is 2.94. The first-order valence-electron chi connectivity index (χ1n) is 6.49. The number of anilines is 1. The number of carboxylic acid groups (broad SMARTS) is 1. The predicted octanol–water partition coefficient (Wildman–Crippen LogP) is 3.33. The van der Waals surface area contributed by atoms with E-state index in [0.29, 0.717) is 16.8 Å². The summed E-state index contributed by atoms with van der Waals surface area (Å²) in [5.74, 6) is -1.11. The molecule has 108 valence electrons. The molecule has 21 heavy (non-hydrogen) atoms. The number of aryl methyl sites for hydroxylation is 1. The SMILES string of the molecule is O=C(O)c1ccc2c(c1)CCCN2C(=O)c1ccoc1Br. The number of benzene rings is 1. The van der Waals surface area contributed by atoms with Crippen molar-refractivity contribution >= 4 is 33.5 Å². The van der Waals surface area contributed by atoms with Crippen LogP contribution < -0.4 is 4.90 Å². The number of hydrogen-bond donors (Lipinski definition) is 1. The molecular formula is C15H12BrNO4. The van der Waals surface area contributed by atoms with Crippen LogP contribution in [0, 0.1) is 0 Å². The molecule has 1 N–H and O–H groups in total. The lowest BCUT2D eigenvalue weighted by molar-refractivity contribution is 0.0696. The average molecular weight is 350 g/mol. The molecule has 0 spiro atoms. The summed E-state index contributed by atoms with van der Waals surface area (Å²) in [5.41, 5.74) is 2.36. The molecule has 0 saturated carbocycles. The van der Waals surface area contributed by atoms with Gasteiger partial charge in [-0.1, -0.05) is 0 Å². The second-order valence-electron chi connectivity index (χ2n) is 4.82. The van der Waals surface area contributed by atoms with Crippen molar-refractivity contribution in [2.75, 3.05) is 11.4 Å². The number of fused-ring (bicyclic) bond motifs is 1. The Balaban J connectivity index is 1.99. The molecule has 0 bridgehead atoms. The molecule has 0 atom stereocenters. The molecule has 0 saturated heterocycles. The Morgan fingerprint density at radius 3 is 2.76 bits per heavy atom. The lowest BCUT2D eigenvalue weighted by Crippen LogP contribution is -2.35. The van der Waals surface area contributed by atoms with Crippen molar-refractivity contribution in [3.8, 4) is 0 Å². The van der Waals surface area contributed by atoms with Crippen LogP contribution in [0.5, 0.6) is 0 Å². The number of rotatable bonds is 2. The van der Waals surface area contributed by atoms with Crippen molar-refractivity contribution in [1.29, 1.82) is 0 Å². The highest BCUT2D eigenvalue weighted by molar-refractivity contribution is 9.10. The Bertz CT molecular complexity index is 722. The van der Waals surface area contributed by atoms with Gasteiger partial charge in [-0.3, -0.25) is 4.79 Å². The van der Waals surface area contributed by atoms with Gasteiger partial charge in [0.1, 0.15) is 0 Å². The number of carbonyl (C=O) groups is 2. The number of nitrogens with zero attached hydrogens (tertiary/aromatic N) is 1. The molecule has 1 aliphatic heterocycles. The maximum absolute atomic E-state index is 12.6. The maximum Gasteiger partial charge on any atom is 0.335 e. The highest BCUT2D eigenvalue weighted by Gasteiger charge is 2.26. The third kappa shape index (κ3) is 2.47. The van der Waals surface area contributed by atoms with Crippen LogP contribution in [0.2, 0.25) is 0 Å². The minimum absolute atomic E-state index is 0.153. The largest absolute Gasteiger partial charge is 0.478 e. The fourth-order valence-electron chi connectivity index (χ4n) is 2.53. The van der Waals surface area contributed by atoms with E-state index in [2.05, 4.69) is 15.9 Å². The molecule has 1 aliphatic rings. The number of halogens is 1. The van der Waals surface area contributed by atoms with Crippen LogP contribution in [0.4, 0.5) is 5.69 Å². The molecular weight excluding hydrogens is 338 g/mol. The molecule has 0 unspecified atom stereocenters. The molecule has 2 heterocycles. The second-order valence-corrected chi connectivity index (χ2v) is 5.54. The van der Waals surface area contributed by atoms with Crippen LogP contribution in [0.1, 0.15) is 32.7 Å². The average Bonchev–Trinajstić information content (AvgIpc) is 2.91. The van der Waals surface area contributed by atoms with Gasteiger partial charge in [-0.25, -0.2) is 4.79 Å². The number of aromatic carboxylic acids is 1. The number of carbonyl (C=O) groups excluding carboxylic acids is 1. The fraction of sp³-hybridized carbons (Fsp3) is 0.200. The molecule has 2 aromatic rings. The third-order valence-electron chi connectivity index (χ3n) is 3.54. The summed E-state index contributed by atoms with van der Waals surface area (Å²) < 4.78 is 5.51. The molecule has 3 rings (SSSR count). The van der Waals surface area contributed by atoms with Crippen molar-refractivity contribution < 1.29 is 19.1 Å². The predicted molar refractivity (Wildman–Crippen MR) is 79.8 cm³/mol. The van der Waals surface area contributed by atoms with Crippen LogP contribution in [0.25, 0.3) is 0 Å². The van der Waals surface area contributed by atoms with Crippen molar-refractivity contribution in [2.24, 2.45) is 0 Å². The Kier molecular flexibility index (Phi) is 3.55. The summed E-state index contributed by atoms with van der Waals surface area (Å²) in [4.78, 5) is 25.3. The monoisotopic (exact) mass is 349 g/mol. The van der Waals surface area contributed by atoms with Crippen LogP contribution in [-0.4, -0.2) is 23.5 Å². The normalized spacial score (nSPS) is 13.9. The van der Waals surface area contributed by atoms with Gasteiger partial charge in [0.05, 0.1) is 17.4 Å². The summed E-state index contributed by atoms with van der Waals surface area (Å²) in [5, 5.41) is 9.05. The number of furan rings is 1. The Labute approximate surface area is 129 Å². The van der Waals surface area contributed by atoms with E-state index < -0.39 is 5.97 Å². The zero-order chi connectivity index (χ0) is 15.0. The minimum atomic E-state index is -0.959. The second kappa shape index (κ2) is 5.37. The Morgan fingerprint density at radius 1 is 1.29 bits per heavy atom. The first-order chi connectivity index (χ1) is 10.1. The topological polar surface area (TPSA) is 70.8 Å². The summed E-state index contributed by atoms with van der Waals surface area (Å²) in [6.07, 6.45) is 3.03. The summed E-state index contributed by atoms with van der Waals surface area (Å²) in [6, 6.07) is 6.48. The lowest BCUT2D eigenvalue weighted by Gasteiger charge is -2.29.